The Labute approximate surface area is 75.2 Å². The normalized spacial score (nSPS) is 40.4. The van der Waals surface area contributed by atoms with Crippen LogP contribution in [0.4, 0.5) is 0 Å². The fraction of sp³-hybridized carbons (Fsp3) is 0.818. The van der Waals surface area contributed by atoms with E-state index in [1.54, 1.807) is 0 Å². The third kappa shape index (κ3) is 1.15. The highest BCUT2D eigenvalue weighted by Gasteiger charge is 2.48. The molecule has 12 heavy (non-hydrogen) atoms. The lowest BCUT2D eigenvalue weighted by Gasteiger charge is -2.47. The van der Waals surface area contributed by atoms with Gasteiger partial charge in [-0.3, -0.25) is 0 Å². The van der Waals surface area contributed by atoms with Crippen LogP contribution in [0, 0.1) is 23.7 Å². The molecule has 0 aromatic rings. The summed E-state index contributed by atoms with van der Waals surface area (Å²) in [5.74, 6) is 2.80. The van der Waals surface area contributed by atoms with Crippen LogP contribution in [-0.2, 0) is 0 Å². The summed E-state index contributed by atoms with van der Waals surface area (Å²) in [5, 5.41) is 10.2. The number of hydrogen-bond donors (Lipinski definition) is 1. The Morgan fingerprint density at radius 2 is 2.08 bits per heavy atom. The van der Waals surface area contributed by atoms with Crippen LogP contribution in [-0.4, -0.2) is 10.7 Å². The van der Waals surface area contributed by atoms with Crippen LogP contribution in [0.1, 0.15) is 40.0 Å². The van der Waals surface area contributed by atoms with Crippen molar-refractivity contribution in [3.8, 4) is 12.3 Å². The van der Waals surface area contributed by atoms with Crippen LogP contribution in [0.3, 0.4) is 0 Å². The minimum Gasteiger partial charge on any atom is -0.377 e. The molecule has 1 aliphatic carbocycles. The molecule has 0 spiro atoms. The van der Waals surface area contributed by atoms with Gasteiger partial charge in [0.2, 0.25) is 0 Å². The molecule has 1 heteroatoms. The van der Waals surface area contributed by atoms with Crippen molar-refractivity contribution < 1.29 is 5.11 Å². The number of terminal acetylenes is 1. The van der Waals surface area contributed by atoms with Gasteiger partial charge in [-0.1, -0.05) is 33.1 Å². The summed E-state index contributed by atoms with van der Waals surface area (Å²) in [7, 11) is 0. The van der Waals surface area contributed by atoms with Gasteiger partial charge in [-0.15, -0.1) is 6.42 Å². The first-order valence-corrected chi connectivity index (χ1v) is 4.64. The molecule has 0 aromatic heterocycles. The molecule has 2 atom stereocenters. The Kier molecular flexibility index (Phi) is 2.23. The largest absolute Gasteiger partial charge is 0.377 e. The lowest BCUT2D eigenvalue weighted by molar-refractivity contribution is -0.0859. The second-order valence-electron chi connectivity index (χ2n) is 4.59. The topological polar surface area (TPSA) is 20.2 Å². The third-order valence-electron chi connectivity index (χ3n) is 3.40. The number of rotatable bonds is 0. The Bertz CT molecular complexity index is 212. The van der Waals surface area contributed by atoms with Crippen LogP contribution in [0.15, 0.2) is 0 Å². The molecule has 0 amide bonds. The van der Waals surface area contributed by atoms with E-state index in [9.17, 15) is 5.11 Å². The second-order valence-corrected chi connectivity index (χ2v) is 4.59. The maximum atomic E-state index is 10.2. The van der Waals surface area contributed by atoms with E-state index < -0.39 is 5.60 Å². The zero-order valence-electron chi connectivity index (χ0n) is 8.22. The van der Waals surface area contributed by atoms with Crippen LogP contribution in [0.25, 0.3) is 0 Å². The SMILES string of the molecule is C#C[C@@]1(O)[C@@H](C)CCCC1(C)C. The first kappa shape index (κ1) is 9.61. The van der Waals surface area contributed by atoms with Crippen molar-refractivity contribution in [2.24, 2.45) is 11.3 Å². The molecule has 0 bridgehead atoms. The average molecular weight is 166 g/mol. The smallest absolute Gasteiger partial charge is 0.132 e. The molecule has 1 aliphatic rings. The van der Waals surface area contributed by atoms with E-state index in [1.165, 1.54) is 6.42 Å². The lowest BCUT2D eigenvalue weighted by Crippen LogP contribution is -2.51. The summed E-state index contributed by atoms with van der Waals surface area (Å²) >= 11 is 0. The van der Waals surface area contributed by atoms with E-state index in [4.69, 9.17) is 6.42 Å². The minimum absolute atomic E-state index is 0.126. The standard InChI is InChI=1S/C11H18O/c1-5-11(12)9(2)7-6-8-10(11,3)4/h1,9,12H,6-8H2,2-4H3/t9-,11+/m0/s1. The average Bonchev–Trinajstić information content (AvgIpc) is 2.00. The maximum Gasteiger partial charge on any atom is 0.132 e. The van der Waals surface area contributed by atoms with E-state index in [0.717, 1.165) is 12.8 Å². The number of hydrogen-bond acceptors (Lipinski definition) is 1. The molecular weight excluding hydrogens is 148 g/mol. The van der Waals surface area contributed by atoms with Gasteiger partial charge < -0.3 is 5.11 Å². The van der Waals surface area contributed by atoms with Gasteiger partial charge in [-0.25, -0.2) is 0 Å². The third-order valence-corrected chi connectivity index (χ3v) is 3.40. The van der Waals surface area contributed by atoms with E-state index in [0.29, 0.717) is 0 Å². The highest BCUT2D eigenvalue weighted by Crippen LogP contribution is 2.46. The van der Waals surface area contributed by atoms with Crippen molar-refractivity contribution in [3.63, 3.8) is 0 Å². The first-order valence-electron chi connectivity index (χ1n) is 4.64. The molecule has 1 N–H and O–H groups in total. The Balaban J connectivity index is 2.98. The van der Waals surface area contributed by atoms with Crippen LogP contribution in [0.5, 0.6) is 0 Å². The number of aliphatic hydroxyl groups is 1. The van der Waals surface area contributed by atoms with E-state index in [1.807, 2.05) is 6.92 Å². The van der Waals surface area contributed by atoms with Gasteiger partial charge in [0, 0.05) is 5.41 Å². The van der Waals surface area contributed by atoms with Crippen molar-refractivity contribution in [2.75, 3.05) is 0 Å². The predicted octanol–water partition coefficient (Wildman–Crippen LogP) is 2.20. The Morgan fingerprint density at radius 3 is 2.42 bits per heavy atom. The summed E-state index contributed by atoms with van der Waals surface area (Å²) < 4.78 is 0. The fourth-order valence-electron chi connectivity index (χ4n) is 2.25. The van der Waals surface area contributed by atoms with Crippen molar-refractivity contribution in [2.45, 2.75) is 45.6 Å². The zero-order valence-corrected chi connectivity index (χ0v) is 8.22. The molecule has 0 aromatic carbocycles. The summed E-state index contributed by atoms with van der Waals surface area (Å²) in [6.45, 7) is 6.16. The molecule has 1 fully saturated rings. The van der Waals surface area contributed by atoms with Gasteiger partial charge in [0.1, 0.15) is 5.60 Å². The summed E-state index contributed by atoms with van der Waals surface area (Å²) in [6.07, 6.45) is 8.65. The molecule has 1 nitrogen and oxygen atoms in total. The quantitative estimate of drug-likeness (QED) is 0.547. The first-order chi connectivity index (χ1) is 5.44. The van der Waals surface area contributed by atoms with Crippen molar-refractivity contribution in [1.29, 1.82) is 0 Å². The molecule has 0 saturated heterocycles. The van der Waals surface area contributed by atoms with Gasteiger partial charge in [-0.2, -0.15) is 0 Å². The molecule has 1 rings (SSSR count). The van der Waals surface area contributed by atoms with Crippen LogP contribution in [0.2, 0.25) is 0 Å². The van der Waals surface area contributed by atoms with E-state index in [-0.39, 0.29) is 11.3 Å². The lowest BCUT2D eigenvalue weighted by atomic mass is 9.61. The van der Waals surface area contributed by atoms with Crippen LogP contribution >= 0.6 is 0 Å². The highest BCUT2D eigenvalue weighted by molar-refractivity contribution is 5.17. The van der Waals surface area contributed by atoms with E-state index >= 15 is 0 Å². The van der Waals surface area contributed by atoms with Gasteiger partial charge >= 0.3 is 0 Å². The molecule has 0 radical (unpaired) electrons. The van der Waals surface area contributed by atoms with Crippen molar-refractivity contribution in [1.82, 2.24) is 0 Å². The predicted molar refractivity (Wildman–Crippen MR) is 50.6 cm³/mol. The molecule has 68 valence electrons. The summed E-state index contributed by atoms with van der Waals surface area (Å²) in [6, 6.07) is 0. The van der Waals surface area contributed by atoms with E-state index in [2.05, 4.69) is 19.8 Å². The molecule has 1 saturated carbocycles. The Morgan fingerprint density at radius 1 is 1.50 bits per heavy atom. The van der Waals surface area contributed by atoms with Crippen molar-refractivity contribution in [3.05, 3.63) is 0 Å². The van der Waals surface area contributed by atoms with Gasteiger partial charge in [0.15, 0.2) is 0 Å². The molecular formula is C11H18O. The highest BCUT2D eigenvalue weighted by atomic mass is 16.3. The summed E-state index contributed by atoms with van der Waals surface area (Å²) in [5.41, 5.74) is -1.02. The van der Waals surface area contributed by atoms with Crippen LogP contribution < -0.4 is 0 Å². The van der Waals surface area contributed by atoms with Gasteiger partial charge in [-0.05, 0) is 18.8 Å². The Hall–Kier alpha value is -0.480. The maximum absolute atomic E-state index is 10.2. The molecule has 0 aliphatic heterocycles. The molecule has 0 unspecified atom stereocenters. The minimum atomic E-state index is -0.898. The zero-order chi connectivity index (χ0) is 9.41. The van der Waals surface area contributed by atoms with Gasteiger partial charge in [0.05, 0.1) is 0 Å². The summed E-state index contributed by atoms with van der Waals surface area (Å²) in [4.78, 5) is 0. The van der Waals surface area contributed by atoms with Crippen molar-refractivity contribution >= 4 is 0 Å². The fourth-order valence-corrected chi connectivity index (χ4v) is 2.25. The second kappa shape index (κ2) is 2.78. The van der Waals surface area contributed by atoms with Gasteiger partial charge in [0.25, 0.3) is 0 Å². The molecule has 0 heterocycles. The monoisotopic (exact) mass is 166 g/mol.